The van der Waals surface area contributed by atoms with Gasteiger partial charge in [-0.05, 0) is 39.0 Å². The van der Waals surface area contributed by atoms with E-state index in [4.69, 9.17) is 28.2 Å². The Morgan fingerprint density at radius 3 is 2.56 bits per heavy atom. The van der Waals surface area contributed by atoms with E-state index in [1.807, 2.05) is 20.8 Å². The summed E-state index contributed by atoms with van der Waals surface area (Å²) >= 11 is 12.7. The van der Waals surface area contributed by atoms with Gasteiger partial charge in [-0.2, -0.15) is 0 Å². The average molecular weight is 423 g/mol. The molecular formula is C18H15ClN2O4S2. The molecule has 2 heterocycles. The summed E-state index contributed by atoms with van der Waals surface area (Å²) in [5.41, 5.74) is 0.0303. The number of nitro benzene ring substituents is 1. The van der Waals surface area contributed by atoms with Gasteiger partial charge in [0.25, 0.3) is 11.6 Å². The number of rotatable bonds is 3. The Kier molecular flexibility index (Phi) is 5.16. The standard InChI is InChI=1S/C18H15ClN2O4S2/c1-18(2,3)20-16(22)15(27-17(20)26)9-11-5-7-14(25-11)12-6-4-10(21(23)24)8-13(12)19/h4-9H,1-3H3/b15-9+. The molecule has 0 spiro atoms. The van der Waals surface area contributed by atoms with E-state index in [2.05, 4.69) is 0 Å². The number of furan rings is 1. The van der Waals surface area contributed by atoms with Crippen LogP contribution in [0.4, 0.5) is 5.69 Å². The minimum Gasteiger partial charge on any atom is -0.457 e. The van der Waals surface area contributed by atoms with Gasteiger partial charge in [0, 0.05) is 29.3 Å². The molecule has 0 bridgehead atoms. The van der Waals surface area contributed by atoms with Crippen molar-refractivity contribution in [3.8, 4) is 11.3 Å². The molecule has 3 rings (SSSR count). The number of carbonyl (C=O) groups excluding carboxylic acids is 1. The zero-order valence-electron chi connectivity index (χ0n) is 14.7. The molecule has 0 aliphatic carbocycles. The lowest BCUT2D eigenvalue weighted by Crippen LogP contribution is -2.44. The Morgan fingerprint density at radius 1 is 1.30 bits per heavy atom. The van der Waals surface area contributed by atoms with Crippen molar-refractivity contribution < 1.29 is 14.1 Å². The van der Waals surface area contributed by atoms with Crippen molar-refractivity contribution >= 4 is 57.6 Å². The number of benzene rings is 1. The first-order valence-electron chi connectivity index (χ1n) is 7.90. The molecule has 1 saturated heterocycles. The minimum absolute atomic E-state index is 0.0959. The lowest BCUT2D eigenvalue weighted by Gasteiger charge is -2.30. The molecule has 1 amide bonds. The molecule has 0 saturated carbocycles. The Morgan fingerprint density at radius 2 is 2.00 bits per heavy atom. The predicted octanol–water partition coefficient (Wildman–Crippen LogP) is 5.51. The Balaban J connectivity index is 1.89. The second-order valence-corrected chi connectivity index (χ2v) is 8.89. The number of hydrogen-bond acceptors (Lipinski definition) is 6. The first-order valence-corrected chi connectivity index (χ1v) is 9.50. The molecule has 0 N–H and O–H groups in total. The average Bonchev–Trinajstić information content (AvgIpc) is 3.11. The molecule has 140 valence electrons. The predicted molar refractivity (Wildman–Crippen MR) is 111 cm³/mol. The summed E-state index contributed by atoms with van der Waals surface area (Å²) in [4.78, 5) is 25.0. The van der Waals surface area contributed by atoms with Gasteiger partial charge in [-0.1, -0.05) is 35.6 Å². The van der Waals surface area contributed by atoms with Crippen LogP contribution in [0.1, 0.15) is 26.5 Å². The number of halogens is 1. The van der Waals surface area contributed by atoms with Crippen LogP contribution in [0, 0.1) is 10.1 Å². The molecule has 27 heavy (non-hydrogen) atoms. The Hall–Kier alpha value is -2.16. The van der Waals surface area contributed by atoms with Gasteiger partial charge >= 0.3 is 0 Å². The molecule has 1 aromatic heterocycles. The third-order valence-corrected chi connectivity index (χ3v) is 5.41. The second-order valence-electron chi connectivity index (χ2n) is 6.81. The van der Waals surface area contributed by atoms with Crippen molar-refractivity contribution in [1.29, 1.82) is 0 Å². The van der Waals surface area contributed by atoms with Gasteiger partial charge in [0.1, 0.15) is 15.8 Å². The van der Waals surface area contributed by atoms with Crippen LogP contribution in [0.15, 0.2) is 39.7 Å². The highest BCUT2D eigenvalue weighted by Crippen LogP contribution is 2.38. The maximum atomic E-state index is 12.6. The maximum absolute atomic E-state index is 12.6. The summed E-state index contributed by atoms with van der Waals surface area (Å²) in [6.45, 7) is 5.76. The fourth-order valence-corrected chi connectivity index (χ4v) is 4.45. The summed E-state index contributed by atoms with van der Waals surface area (Å²) in [6.07, 6.45) is 1.63. The van der Waals surface area contributed by atoms with E-state index < -0.39 is 10.5 Å². The van der Waals surface area contributed by atoms with Crippen LogP contribution in [0.2, 0.25) is 5.02 Å². The third kappa shape index (κ3) is 3.92. The third-order valence-electron chi connectivity index (χ3n) is 3.79. The van der Waals surface area contributed by atoms with E-state index >= 15 is 0 Å². The summed E-state index contributed by atoms with van der Waals surface area (Å²) in [5, 5.41) is 11.0. The Bertz CT molecular complexity index is 991. The highest BCUT2D eigenvalue weighted by atomic mass is 35.5. The topological polar surface area (TPSA) is 76.6 Å². The molecular weight excluding hydrogens is 408 g/mol. The zero-order chi connectivity index (χ0) is 19.9. The largest absolute Gasteiger partial charge is 0.457 e. The number of nitro groups is 1. The van der Waals surface area contributed by atoms with E-state index in [0.717, 1.165) is 0 Å². The number of nitrogens with zero attached hydrogens (tertiary/aromatic N) is 2. The van der Waals surface area contributed by atoms with Crippen molar-refractivity contribution in [3.63, 3.8) is 0 Å². The molecule has 6 nitrogen and oxygen atoms in total. The fraction of sp³-hybridized carbons (Fsp3) is 0.222. The summed E-state index contributed by atoms with van der Waals surface area (Å²) in [6, 6.07) is 7.56. The van der Waals surface area contributed by atoms with E-state index in [1.54, 1.807) is 23.1 Å². The smallest absolute Gasteiger partial charge is 0.270 e. The number of thiocarbonyl (C=S) groups is 1. The monoisotopic (exact) mass is 422 g/mol. The first-order chi connectivity index (χ1) is 12.6. The molecule has 1 aliphatic heterocycles. The van der Waals surface area contributed by atoms with Crippen LogP contribution in [0.25, 0.3) is 17.4 Å². The van der Waals surface area contributed by atoms with Crippen LogP contribution in [-0.2, 0) is 4.79 Å². The van der Waals surface area contributed by atoms with Crippen LogP contribution >= 0.6 is 35.6 Å². The van der Waals surface area contributed by atoms with Gasteiger partial charge in [0.2, 0.25) is 0 Å². The maximum Gasteiger partial charge on any atom is 0.270 e. The zero-order valence-corrected chi connectivity index (χ0v) is 17.1. The van der Waals surface area contributed by atoms with E-state index in [-0.39, 0.29) is 16.6 Å². The molecule has 0 radical (unpaired) electrons. The van der Waals surface area contributed by atoms with Crippen molar-refractivity contribution in [2.24, 2.45) is 0 Å². The Labute approximate surface area is 170 Å². The molecule has 9 heteroatoms. The minimum atomic E-state index is -0.513. The van der Waals surface area contributed by atoms with Crippen molar-refractivity contribution in [2.45, 2.75) is 26.3 Å². The second kappa shape index (κ2) is 7.10. The lowest BCUT2D eigenvalue weighted by molar-refractivity contribution is -0.384. The SMILES string of the molecule is CC(C)(C)N1C(=O)/C(=C\c2ccc(-c3ccc([N+](=O)[O-])cc3Cl)o2)SC1=S. The van der Waals surface area contributed by atoms with Crippen molar-refractivity contribution in [1.82, 2.24) is 4.90 Å². The molecule has 0 unspecified atom stereocenters. The lowest BCUT2D eigenvalue weighted by atomic mass is 10.1. The first kappa shape index (κ1) is 19.6. The quantitative estimate of drug-likeness (QED) is 0.281. The molecule has 1 aliphatic rings. The highest BCUT2D eigenvalue weighted by molar-refractivity contribution is 8.26. The molecule has 1 fully saturated rings. The van der Waals surface area contributed by atoms with Gasteiger partial charge in [-0.3, -0.25) is 19.8 Å². The highest BCUT2D eigenvalue weighted by Gasteiger charge is 2.39. The van der Waals surface area contributed by atoms with Crippen molar-refractivity contribution in [3.05, 3.63) is 56.1 Å². The normalized spacial score (nSPS) is 16.4. The van der Waals surface area contributed by atoms with Crippen LogP contribution < -0.4 is 0 Å². The number of hydrogen-bond donors (Lipinski definition) is 0. The number of carbonyl (C=O) groups is 1. The molecule has 1 aromatic carbocycles. The van der Waals surface area contributed by atoms with E-state index in [0.29, 0.717) is 26.3 Å². The summed E-state index contributed by atoms with van der Waals surface area (Å²) in [7, 11) is 0. The van der Waals surface area contributed by atoms with Gasteiger partial charge < -0.3 is 4.42 Å². The fourth-order valence-electron chi connectivity index (χ4n) is 2.57. The van der Waals surface area contributed by atoms with Crippen LogP contribution in [-0.4, -0.2) is 25.6 Å². The van der Waals surface area contributed by atoms with Crippen LogP contribution in [0.3, 0.4) is 0 Å². The van der Waals surface area contributed by atoms with Gasteiger partial charge in [0.15, 0.2) is 0 Å². The van der Waals surface area contributed by atoms with Crippen molar-refractivity contribution in [2.75, 3.05) is 0 Å². The number of non-ortho nitro benzene ring substituents is 1. The number of amides is 1. The summed E-state index contributed by atoms with van der Waals surface area (Å²) in [5.74, 6) is 0.755. The number of thioether (sulfide) groups is 1. The molecule has 0 atom stereocenters. The van der Waals surface area contributed by atoms with E-state index in [9.17, 15) is 14.9 Å². The van der Waals surface area contributed by atoms with Gasteiger partial charge in [0.05, 0.1) is 14.9 Å². The van der Waals surface area contributed by atoms with Gasteiger partial charge in [-0.25, -0.2) is 0 Å². The van der Waals surface area contributed by atoms with Crippen LogP contribution in [0.5, 0.6) is 0 Å². The molecule has 2 aromatic rings. The van der Waals surface area contributed by atoms with Gasteiger partial charge in [-0.15, -0.1) is 0 Å². The van der Waals surface area contributed by atoms with E-state index in [1.165, 1.54) is 30.0 Å². The summed E-state index contributed by atoms with van der Waals surface area (Å²) < 4.78 is 6.26.